The van der Waals surface area contributed by atoms with Crippen LogP contribution in [0.4, 0.5) is 0 Å². The van der Waals surface area contributed by atoms with E-state index >= 15 is 0 Å². The molecule has 166 valence electrons. The van der Waals surface area contributed by atoms with E-state index in [1.807, 2.05) is 20.7 Å². The van der Waals surface area contributed by atoms with Crippen LogP contribution >= 0.6 is 11.3 Å². The van der Waals surface area contributed by atoms with Crippen molar-refractivity contribution in [1.29, 1.82) is 0 Å². The Morgan fingerprint density at radius 2 is 1.90 bits per heavy atom. The van der Waals surface area contributed by atoms with Crippen LogP contribution in [-0.2, 0) is 18.3 Å². The van der Waals surface area contributed by atoms with E-state index in [0.717, 1.165) is 50.0 Å². The maximum Gasteiger partial charge on any atom is 0.272 e. The Balaban J connectivity index is 1.19. The molecule has 2 aliphatic rings. The highest BCUT2D eigenvalue weighted by Crippen LogP contribution is 2.24. The van der Waals surface area contributed by atoms with E-state index in [4.69, 9.17) is 0 Å². The lowest BCUT2D eigenvalue weighted by Gasteiger charge is -2.40. The minimum atomic E-state index is -0.0426. The number of aromatic nitrogens is 4. The van der Waals surface area contributed by atoms with Crippen LogP contribution in [0.2, 0.25) is 0 Å². The zero-order valence-corrected chi connectivity index (χ0v) is 18.9. The van der Waals surface area contributed by atoms with Gasteiger partial charge in [-0.25, -0.2) is 0 Å². The van der Waals surface area contributed by atoms with Crippen LogP contribution in [0.5, 0.6) is 0 Å². The molecular formula is C22H30N6O2S. The van der Waals surface area contributed by atoms with Crippen molar-refractivity contribution in [1.82, 2.24) is 29.0 Å². The van der Waals surface area contributed by atoms with Crippen molar-refractivity contribution in [2.75, 3.05) is 26.2 Å². The third-order valence-electron chi connectivity index (χ3n) is 6.95. The number of thiophene rings is 1. The fraction of sp³-hybridized carbons (Fsp3) is 0.636. The van der Waals surface area contributed by atoms with Gasteiger partial charge in [-0.3, -0.25) is 23.5 Å². The summed E-state index contributed by atoms with van der Waals surface area (Å²) in [6.07, 6.45) is 8.66. The summed E-state index contributed by atoms with van der Waals surface area (Å²) in [5.74, 6) is 1.60. The summed E-state index contributed by atoms with van der Waals surface area (Å²) in [6.45, 7) is 3.71. The average molecular weight is 443 g/mol. The predicted molar refractivity (Wildman–Crippen MR) is 122 cm³/mol. The molecule has 9 heteroatoms. The molecule has 2 fully saturated rings. The Morgan fingerprint density at radius 1 is 1.13 bits per heavy atom. The molecule has 5 rings (SSSR count). The molecule has 0 bridgehead atoms. The van der Waals surface area contributed by atoms with Crippen LogP contribution in [0, 0.1) is 0 Å². The molecule has 0 spiro atoms. The lowest BCUT2D eigenvalue weighted by atomic mass is 9.94. The Bertz CT molecular complexity index is 1130. The van der Waals surface area contributed by atoms with Gasteiger partial charge < -0.3 is 4.90 Å². The Labute approximate surface area is 185 Å². The molecule has 4 heterocycles. The van der Waals surface area contributed by atoms with Gasteiger partial charge in [-0.2, -0.15) is 0 Å². The number of rotatable bonds is 5. The summed E-state index contributed by atoms with van der Waals surface area (Å²) in [5, 5.41) is 10.5. The second-order valence-electron chi connectivity index (χ2n) is 8.81. The number of amides is 1. The molecule has 3 aromatic heterocycles. The molecular weight excluding hydrogens is 412 g/mol. The van der Waals surface area contributed by atoms with Gasteiger partial charge in [0.1, 0.15) is 10.5 Å². The van der Waals surface area contributed by atoms with Crippen molar-refractivity contribution in [3.05, 3.63) is 27.6 Å². The van der Waals surface area contributed by atoms with Crippen molar-refractivity contribution in [2.45, 2.75) is 57.4 Å². The van der Waals surface area contributed by atoms with Crippen LogP contribution < -0.4 is 5.56 Å². The predicted octanol–water partition coefficient (Wildman–Crippen LogP) is 2.44. The fourth-order valence-corrected chi connectivity index (χ4v) is 6.00. The van der Waals surface area contributed by atoms with Gasteiger partial charge in [0.2, 0.25) is 11.7 Å². The van der Waals surface area contributed by atoms with E-state index in [0.29, 0.717) is 23.3 Å². The maximum absolute atomic E-state index is 12.8. The third kappa shape index (κ3) is 3.89. The Hall–Kier alpha value is -2.26. The van der Waals surface area contributed by atoms with E-state index in [-0.39, 0.29) is 11.5 Å². The van der Waals surface area contributed by atoms with Crippen LogP contribution in [0.15, 0.2) is 16.2 Å². The van der Waals surface area contributed by atoms with Crippen molar-refractivity contribution in [2.24, 2.45) is 7.05 Å². The average Bonchev–Trinajstić information content (AvgIpc) is 3.45. The van der Waals surface area contributed by atoms with Gasteiger partial charge in [-0.1, -0.05) is 19.3 Å². The largest absolute Gasteiger partial charge is 0.340 e. The summed E-state index contributed by atoms with van der Waals surface area (Å²) in [6, 6.07) is 2.68. The van der Waals surface area contributed by atoms with E-state index in [2.05, 4.69) is 15.1 Å². The molecule has 31 heavy (non-hydrogen) atoms. The van der Waals surface area contributed by atoms with E-state index in [9.17, 15) is 9.59 Å². The highest BCUT2D eigenvalue weighted by Gasteiger charge is 2.27. The highest BCUT2D eigenvalue weighted by molar-refractivity contribution is 7.17. The first-order chi connectivity index (χ1) is 15.1. The van der Waals surface area contributed by atoms with E-state index < -0.39 is 0 Å². The summed E-state index contributed by atoms with van der Waals surface area (Å²) < 4.78 is 4.22. The molecule has 0 aromatic carbocycles. The molecule has 8 nitrogen and oxygen atoms in total. The Morgan fingerprint density at radius 3 is 2.68 bits per heavy atom. The summed E-state index contributed by atoms with van der Waals surface area (Å²) in [5.41, 5.74) is 0.812. The van der Waals surface area contributed by atoms with Crippen LogP contribution in [-0.4, -0.2) is 67.1 Å². The number of hydrogen-bond donors (Lipinski definition) is 0. The minimum absolute atomic E-state index is 0.0426. The van der Waals surface area contributed by atoms with Gasteiger partial charge in [0.25, 0.3) is 5.56 Å². The lowest BCUT2D eigenvalue weighted by molar-refractivity contribution is -0.133. The van der Waals surface area contributed by atoms with Gasteiger partial charge in [0.15, 0.2) is 0 Å². The quantitative estimate of drug-likeness (QED) is 0.607. The van der Waals surface area contributed by atoms with Gasteiger partial charge in [-0.15, -0.1) is 21.5 Å². The first-order valence-corrected chi connectivity index (χ1v) is 12.3. The normalized spacial score (nSPS) is 18.9. The fourth-order valence-electron chi connectivity index (χ4n) is 5.15. The molecule has 1 amide bonds. The Kier molecular flexibility index (Phi) is 5.79. The molecule has 1 saturated carbocycles. The van der Waals surface area contributed by atoms with Crippen molar-refractivity contribution in [3.63, 3.8) is 0 Å². The van der Waals surface area contributed by atoms with Gasteiger partial charge in [0.05, 0.1) is 5.52 Å². The molecule has 0 radical (unpaired) electrons. The van der Waals surface area contributed by atoms with Crippen LogP contribution in [0.1, 0.15) is 50.8 Å². The molecule has 1 saturated heterocycles. The number of carbonyl (C=O) groups excluding carboxylic acids is 1. The number of hydrogen-bond acceptors (Lipinski definition) is 6. The molecule has 1 aliphatic heterocycles. The lowest BCUT2D eigenvalue weighted by Crippen LogP contribution is -2.52. The van der Waals surface area contributed by atoms with Gasteiger partial charge in [-0.05, 0) is 30.7 Å². The number of piperazine rings is 1. The molecule has 0 atom stereocenters. The first-order valence-electron chi connectivity index (χ1n) is 11.5. The third-order valence-corrected chi connectivity index (χ3v) is 7.84. The second kappa shape index (κ2) is 8.70. The summed E-state index contributed by atoms with van der Waals surface area (Å²) in [4.78, 5) is 29.8. The van der Waals surface area contributed by atoms with E-state index in [1.165, 1.54) is 43.4 Å². The smallest absolute Gasteiger partial charge is 0.272 e. The maximum atomic E-state index is 12.8. The topological polar surface area (TPSA) is 75.7 Å². The highest BCUT2D eigenvalue weighted by atomic mass is 32.1. The minimum Gasteiger partial charge on any atom is -0.340 e. The monoisotopic (exact) mass is 442 g/mol. The summed E-state index contributed by atoms with van der Waals surface area (Å²) in [7, 11) is 1.73. The van der Waals surface area contributed by atoms with Crippen molar-refractivity contribution in [3.8, 4) is 0 Å². The second-order valence-corrected chi connectivity index (χ2v) is 9.73. The van der Waals surface area contributed by atoms with Gasteiger partial charge in [0, 0.05) is 52.1 Å². The molecule has 3 aromatic rings. The number of nitrogens with zero attached hydrogens (tertiary/aromatic N) is 6. The van der Waals surface area contributed by atoms with E-state index in [1.54, 1.807) is 11.6 Å². The zero-order chi connectivity index (χ0) is 21.4. The van der Waals surface area contributed by atoms with Crippen molar-refractivity contribution < 1.29 is 4.79 Å². The summed E-state index contributed by atoms with van der Waals surface area (Å²) >= 11 is 1.44. The molecule has 0 unspecified atom stereocenters. The number of aryl methyl sites for hydroxylation is 2. The SMILES string of the molecule is Cn1c(=O)c2sccc2n2c(CCCC(=O)N3CCN(C4CCCCC4)CC3)nnc12. The number of carbonyl (C=O) groups is 1. The van der Waals surface area contributed by atoms with Crippen LogP contribution in [0.3, 0.4) is 0 Å². The van der Waals surface area contributed by atoms with Crippen molar-refractivity contribution >= 4 is 33.2 Å². The molecule has 0 N–H and O–H groups in total. The van der Waals surface area contributed by atoms with Crippen LogP contribution in [0.25, 0.3) is 16.0 Å². The standard InChI is InChI=1S/C22H30N6O2S/c1-25-21(30)20-17(10-15-31-20)28-18(23-24-22(25)28)8-5-9-19(29)27-13-11-26(12-14-27)16-6-3-2-4-7-16/h10,15-16H,2-9,11-14H2,1H3. The first kappa shape index (κ1) is 20.6. The van der Waals surface area contributed by atoms with Gasteiger partial charge >= 0.3 is 0 Å². The molecule has 1 aliphatic carbocycles. The number of fused-ring (bicyclic) bond motifs is 3. The zero-order valence-electron chi connectivity index (χ0n) is 18.1.